The van der Waals surface area contributed by atoms with Crippen LogP contribution in [0, 0.1) is 17.8 Å². The normalized spacial score (nSPS) is 20.3. The summed E-state index contributed by atoms with van der Waals surface area (Å²) in [7, 11) is 0. The second-order valence-electron chi connectivity index (χ2n) is 8.15. The van der Waals surface area contributed by atoms with Crippen molar-refractivity contribution in [2.24, 2.45) is 17.8 Å². The van der Waals surface area contributed by atoms with E-state index in [0.717, 1.165) is 0 Å². The summed E-state index contributed by atoms with van der Waals surface area (Å²) in [5, 5.41) is 11.8. The lowest BCUT2D eigenvalue weighted by Crippen LogP contribution is -2.47. The number of carbonyl (C=O) groups is 5. The molecule has 32 heavy (non-hydrogen) atoms. The Balaban J connectivity index is 2.12. The van der Waals surface area contributed by atoms with Crippen LogP contribution >= 0.6 is 0 Å². The number of alkyl carbamates (subject to hydrolysis) is 1. The van der Waals surface area contributed by atoms with Gasteiger partial charge in [0.1, 0.15) is 11.6 Å². The molecule has 0 aliphatic heterocycles. The second-order valence-corrected chi connectivity index (χ2v) is 8.15. The van der Waals surface area contributed by atoms with E-state index in [-0.39, 0.29) is 12.2 Å². The maximum atomic E-state index is 12.6. The summed E-state index contributed by atoms with van der Waals surface area (Å²) in [5.41, 5.74) is 3.83. The fourth-order valence-corrected chi connectivity index (χ4v) is 3.25. The van der Waals surface area contributed by atoms with Gasteiger partial charge in [-0.15, -0.1) is 0 Å². The van der Waals surface area contributed by atoms with Gasteiger partial charge in [0, 0.05) is 11.5 Å². The maximum absolute atomic E-state index is 12.6. The number of aliphatic carboxylic acids is 1. The molecule has 0 bridgehead atoms. The third kappa shape index (κ3) is 6.43. The number of esters is 1. The van der Waals surface area contributed by atoms with Crippen molar-refractivity contribution in [3.63, 3.8) is 0 Å². The van der Waals surface area contributed by atoms with Crippen LogP contribution in [0.1, 0.15) is 38.1 Å². The number of rotatable bonds is 7. The highest BCUT2D eigenvalue weighted by molar-refractivity contribution is 5.98. The van der Waals surface area contributed by atoms with E-state index < -0.39 is 59.2 Å². The van der Waals surface area contributed by atoms with E-state index >= 15 is 0 Å². The zero-order valence-corrected chi connectivity index (χ0v) is 18.2. The Kier molecular flexibility index (Phi) is 7.79. The standard InChI is InChI=1S/C21H27N3O8/c1-5-31-19(29)14-12(15(18(27)28)22-20(30)32-21(2,3)4)13(14)17(26)24-23-16(25)11-9-7-6-8-10-11/h6-10,12-15H,5H2,1-4H3,(H,22,30)(H,23,25)(H,24,26)(H,27,28). The molecular weight excluding hydrogens is 422 g/mol. The first-order valence-electron chi connectivity index (χ1n) is 10.0. The molecule has 174 valence electrons. The van der Waals surface area contributed by atoms with Gasteiger partial charge in [0.05, 0.1) is 18.4 Å². The van der Waals surface area contributed by atoms with Gasteiger partial charge in [0.15, 0.2) is 0 Å². The number of nitrogens with one attached hydrogen (secondary N) is 3. The van der Waals surface area contributed by atoms with Gasteiger partial charge in [0.2, 0.25) is 5.91 Å². The minimum atomic E-state index is -1.58. The molecule has 4 N–H and O–H groups in total. The van der Waals surface area contributed by atoms with Gasteiger partial charge in [-0.05, 0) is 39.8 Å². The van der Waals surface area contributed by atoms with E-state index in [1.54, 1.807) is 45.9 Å². The zero-order valence-electron chi connectivity index (χ0n) is 18.2. The third-order valence-electron chi connectivity index (χ3n) is 4.60. The Labute approximate surface area is 184 Å². The van der Waals surface area contributed by atoms with Gasteiger partial charge in [-0.25, -0.2) is 9.59 Å². The zero-order chi connectivity index (χ0) is 24.1. The number of benzene rings is 1. The van der Waals surface area contributed by atoms with Crippen LogP contribution < -0.4 is 16.2 Å². The molecule has 1 aliphatic carbocycles. The van der Waals surface area contributed by atoms with Crippen LogP contribution in [0.2, 0.25) is 0 Å². The van der Waals surface area contributed by atoms with Gasteiger partial charge in [0.25, 0.3) is 5.91 Å². The van der Waals surface area contributed by atoms with Gasteiger partial charge in [-0.2, -0.15) is 0 Å². The number of amides is 3. The first-order chi connectivity index (χ1) is 15.0. The predicted octanol–water partition coefficient (Wildman–Crippen LogP) is 0.851. The Bertz CT molecular complexity index is 881. The fraction of sp³-hybridized carbons (Fsp3) is 0.476. The Hall–Kier alpha value is -3.63. The van der Waals surface area contributed by atoms with Crippen LogP contribution in [-0.2, 0) is 23.9 Å². The van der Waals surface area contributed by atoms with Crippen molar-refractivity contribution < 1.29 is 38.6 Å². The minimum Gasteiger partial charge on any atom is -0.480 e. The van der Waals surface area contributed by atoms with Crippen molar-refractivity contribution in [2.75, 3.05) is 6.61 Å². The summed E-state index contributed by atoms with van der Waals surface area (Å²) in [5.74, 6) is -6.93. The lowest BCUT2D eigenvalue weighted by Gasteiger charge is -2.22. The van der Waals surface area contributed by atoms with Crippen LogP contribution in [0.4, 0.5) is 4.79 Å². The molecule has 4 atom stereocenters. The van der Waals surface area contributed by atoms with Crippen molar-refractivity contribution >= 4 is 29.8 Å². The lowest BCUT2D eigenvalue weighted by atomic mass is 10.1. The van der Waals surface area contributed by atoms with Crippen molar-refractivity contribution in [1.82, 2.24) is 16.2 Å². The summed E-state index contributed by atoms with van der Waals surface area (Å²) in [6, 6.07) is 6.49. The van der Waals surface area contributed by atoms with Crippen LogP contribution in [-0.4, -0.2) is 53.2 Å². The van der Waals surface area contributed by atoms with Crippen molar-refractivity contribution in [3.05, 3.63) is 35.9 Å². The molecular formula is C21H27N3O8. The molecule has 0 radical (unpaired) electrons. The summed E-state index contributed by atoms with van der Waals surface area (Å²) in [4.78, 5) is 61.0. The largest absolute Gasteiger partial charge is 0.480 e. The Morgan fingerprint density at radius 3 is 2.19 bits per heavy atom. The molecule has 1 saturated carbocycles. The molecule has 11 nitrogen and oxygen atoms in total. The van der Waals surface area contributed by atoms with E-state index in [4.69, 9.17) is 9.47 Å². The van der Waals surface area contributed by atoms with Gasteiger partial charge < -0.3 is 19.9 Å². The molecule has 0 spiro atoms. The molecule has 11 heteroatoms. The lowest BCUT2D eigenvalue weighted by molar-refractivity contribution is -0.146. The number of hydrazine groups is 1. The molecule has 0 aromatic heterocycles. The van der Waals surface area contributed by atoms with Crippen molar-refractivity contribution in [2.45, 2.75) is 39.3 Å². The fourth-order valence-electron chi connectivity index (χ4n) is 3.25. The number of hydrogen-bond donors (Lipinski definition) is 4. The van der Waals surface area contributed by atoms with Crippen molar-refractivity contribution in [3.8, 4) is 0 Å². The van der Waals surface area contributed by atoms with E-state index in [2.05, 4.69) is 16.2 Å². The highest BCUT2D eigenvalue weighted by Gasteiger charge is 2.65. The van der Waals surface area contributed by atoms with E-state index in [1.807, 2.05) is 0 Å². The Morgan fingerprint density at radius 1 is 1.03 bits per heavy atom. The summed E-state index contributed by atoms with van der Waals surface area (Å²) in [6.07, 6.45) is -1.00. The van der Waals surface area contributed by atoms with Gasteiger partial charge in [-0.1, -0.05) is 18.2 Å². The SMILES string of the molecule is CCOC(=O)C1C(C(=O)NNC(=O)c2ccccc2)C1C(NC(=O)OC(C)(C)C)C(=O)O. The summed E-state index contributed by atoms with van der Waals surface area (Å²) < 4.78 is 10.0. The molecule has 1 aromatic carbocycles. The molecule has 3 amide bonds. The quantitative estimate of drug-likeness (QED) is 0.352. The van der Waals surface area contributed by atoms with E-state index in [1.165, 1.54) is 12.1 Å². The topological polar surface area (TPSA) is 160 Å². The number of ether oxygens (including phenoxy) is 2. The van der Waals surface area contributed by atoms with Crippen LogP contribution in [0.15, 0.2) is 30.3 Å². The average Bonchev–Trinajstić information content (AvgIpc) is 3.44. The van der Waals surface area contributed by atoms with Gasteiger partial charge in [-0.3, -0.25) is 25.2 Å². The molecule has 1 aromatic rings. The average molecular weight is 449 g/mol. The number of hydrogen-bond acceptors (Lipinski definition) is 7. The minimum absolute atomic E-state index is 0.0262. The van der Waals surface area contributed by atoms with E-state index in [0.29, 0.717) is 0 Å². The number of carboxylic acid groups (broad SMARTS) is 1. The smallest absolute Gasteiger partial charge is 0.408 e. The van der Waals surface area contributed by atoms with Gasteiger partial charge >= 0.3 is 18.0 Å². The molecule has 1 aliphatic rings. The van der Waals surface area contributed by atoms with Crippen molar-refractivity contribution in [1.29, 1.82) is 0 Å². The molecule has 0 saturated heterocycles. The highest BCUT2D eigenvalue weighted by Crippen LogP contribution is 2.49. The van der Waals surface area contributed by atoms with Crippen LogP contribution in [0.25, 0.3) is 0 Å². The number of carbonyl (C=O) groups excluding carboxylic acids is 4. The monoisotopic (exact) mass is 449 g/mol. The van der Waals surface area contributed by atoms with E-state index in [9.17, 15) is 29.1 Å². The first-order valence-corrected chi connectivity index (χ1v) is 10.0. The molecule has 2 rings (SSSR count). The first kappa shape index (κ1) is 24.6. The second kappa shape index (κ2) is 10.1. The number of carboxylic acids is 1. The summed E-state index contributed by atoms with van der Waals surface area (Å²) >= 11 is 0. The van der Waals surface area contributed by atoms with Crippen LogP contribution in [0.5, 0.6) is 0 Å². The summed E-state index contributed by atoms with van der Waals surface area (Å²) in [6.45, 7) is 6.40. The third-order valence-corrected chi connectivity index (χ3v) is 4.60. The molecule has 4 unspecified atom stereocenters. The Morgan fingerprint density at radius 2 is 1.66 bits per heavy atom. The highest BCUT2D eigenvalue weighted by atomic mass is 16.6. The van der Waals surface area contributed by atoms with Crippen LogP contribution in [0.3, 0.4) is 0 Å². The maximum Gasteiger partial charge on any atom is 0.408 e. The molecule has 1 fully saturated rings. The molecule has 0 heterocycles. The predicted molar refractivity (Wildman–Crippen MR) is 110 cm³/mol.